The van der Waals surface area contributed by atoms with Crippen LogP contribution >= 0.6 is 0 Å². The maximum atomic E-state index is 12.4. The average molecular weight is 361 g/mol. The van der Waals surface area contributed by atoms with Gasteiger partial charge in [-0.05, 0) is 42.0 Å². The van der Waals surface area contributed by atoms with Gasteiger partial charge in [-0.1, -0.05) is 12.1 Å². The molecular weight excluding hydrogens is 342 g/mol. The molecule has 0 aliphatic rings. The molecule has 7 heteroatoms. The lowest BCUT2D eigenvalue weighted by Crippen LogP contribution is -2.13. The van der Waals surface area contributed by atoms with E-state index in [1.165, 1.54) is 13.1 Å². The third-order valence-electron chi connectivity index (χ3n) is 3.66. The van der Waals surface area contributed by atoms with Crippen molar-refractivity contribution in [3.8, 4) is 0 Å². The highest BCUT2D eigenvalue weighted by Crippen LogP contribution is 2.16. The van der Waals surface area contributed by atoms with E-state index in [1.807, 2.05) is 12.1 Å². The molecule has 0 aliphatic heterocycles. The molecule has 3 aromatic rings. The predicted molar refractivity (Wildman–Crippen MR) is 104 cm³/mol. The number of hydrogen-bond donors (Lipinski definition) is 3. The third-order valence-corrected chi connectivity index (χ3v) is 3.66. The molecule has 0 fully saturated rings. The second-order valence-electron chi connectivity index (χ2n) is 5.86. The topological polar surface area (TPSA) is 96.0 Å². The van der Waals surface area contributed by atoms with Crippen molar-refractivity contribution >= 4 is 29.0 Å². The average Bonchev–Trinajstić information content (AvgIpc) is 2.67. The van der Waals surface area contributed by atoms with Crippen molar-refractivity contribution in [1.82, 2.24) is 9.97 Å². The molecule has 0 aliphatic carbocycles. The van der Waals surface area contributed by atoms with Crippen LogP contribution in [0.5, 0.6) is 0 Å². The van der Waals surface area contributed by atoms with E-state index < -0.39 is 0 Å². The molecule has 0 saturated heterocycles. The molecule has 2 heterocycles. The molecule has 0 saturated carbocycles. The van der Waals surface area contributed by atoms with E-state index in [-0.39, 0.29) is 11.8 Å². The van der Waals surface area contributed by atoms with Gasteiger partial charge in [0.15, 0.2) is 0 Å². The Morgan fingerprint density at radius 1 is 0.963 bits per heavy atom. The van der Waals surface area contributed by atoms with Gasteiger partial charge in [0.05, 0.1) is 5.56 Å². The summed E-state index contributed by atoms with van der Waals surface area (Å²) in [5.74, 6) is 0.224. The fourth-order valence-electron chi connectivity index (χ4n) is 2.41. The monoisotopic (exact) mass is 361 g/mol. The molecule has 1 aromatic carbocycles. The number of carbonyl (C=O) groups excluding carboxylic acids is 2. The van der Waals surface area contributed by atoms with Gasteiger partial charge in [0.1, 0.15) is 5.82 Å². The Bertz CT molecular complexity index is 927. The maximum absolute atomic E-state index is 12.4. The van der Waals surface area contributed by atoms with E-state index in [9.17, 15) is 9.59 Å². The molecule has 0 unspecified atom stereocenters. The summed E-state index contributed by atoms with van der Waals surface area (Å²) >= 11 is 0. The van der Waals surface area contributed by atoms with Crippen LogP contribution in [-0.4, -0.2) is 21.8 Å². The Labute approximate surface area is 156 Å². The summed E-state index contributed by atoms with van der Waals surface area (Å²) in [7, 11) is 0. The van der Waals surface area contributed by atoms with Gasteiger partial charge in [-0.3, -0.25) is 14.6 Å². The second kappa shape index (κ2) is 8.57. The molecule has 7 nitrogen and oxygen atoms in total. The summed E-state index contributed by atoms with van der Waals surface area (Å²) < 4.78 is 0. The largest absolute Gasteiger partial charge is 0.366 e. The van der Waals surface area contributed by atoms with Crippen LogP contribution in [0.1, 0.15) is 22.8 Å². The van der Waals surface area contributed by atoms with Crippen LogP contribution < -0.4 is 16.0 Å². The molecule has 2 aromatic heterocycles. The maximum Gasteiger partial charge on any atom is 0.257 e. The van der Waals surface area contributed by atoms with Crippen molar-refractivity contribution in [2.24, 2.45) is 0 Å². The number of rotatable bonds is 6. The normalized spacial score (nSPS) is 10.1. The molecule has 27 heavy (non-hydrogen) atoms. The van der Waals surface area contributed by atoms with E-state index in [1.54, 1.807) is 48.8 Å². The lowest BCUT2D eigenvalue weighted by molar-refractivity contribution is -0.114. The highest BCUT2D eigenvalue weighted by atomic mass is 16.2. The summed E-state index contributed by atoms with van der Waals surface area (Å²) in [5.41, 5.74) is 2.69. The summed E-state index contributed by atoms with van der Waals surface area (Å²) in [4.78, 5) is 31.8. The number of benzene rings is 1. The van der Waals surface area contributed by atoms with Crippen LogP contribution in [-0.2, 0) is 11.3 Å². The number of nitrogens with zero attached hydrogens (tertiary/aromatic N) is 2. The van der Waals surface area contributed by atoms with Crippen LogP contribution in [0.25, 0.3) is 0 Å². The standard InChI is InChI=1S/C20H19N5O2/c1-14(26)24-17-5-2-6-18(10-17)25-20(27)16-7-8-19(23-13-16)22-12-15-4-3-9-21-11-15/h2-11,13H,12H2,1H3,(H,22,23)(H,24,26)(H,25,27). The second-order valence-corrected chi connectivity index (χ2v) is 5.86. The molecule has 0 spiro atoms. The molecule has 2 amide bonds. The Morgan fingerprint density at radius 2 is 1.78 bits per heavy atom. The SMILES string of the molecule is CC(=O)Nc1cccc(NC(=O)c2ccc(NCc3cccnc3)nc2)c1. The summed E-state index contributed by atoms with van der Waals surface area (Å²) in [6.07, 6.45) is 5.02. The van der Waals surface area contributed by atoms with Crippen molar-refractivity contribution in [2.75, 3.05) is 16.0 Å². The van der Waals surface area contributed by atoms with Crippen LogP contribution in [0.4, 0.5) is 17.2 Å². The van der Waals surface area contributed by atoms with E-state index in [2.05, 4.69) is 25.9 Å². The molecule has 0 atom stereocenters. The van der Waals surface area contributed by atoms with Gasteiger partial charge >= 0.3 is 0 Å². The zero-order valence-corrected chi connectivity index (χ0v) is 14.8. The first kappa shape index (κ1) is 18.1. The Morgan fingerprint density at radius 3 is 2.44 bits per heavy atom. The van der Waals surface area contributed by atoms with Gasteiger partial charge in [0, 0.05) is 43.4 Å². The van der Waals surface area contributed by atoms with Gasteiger partial charge in [0.25, 0.3) is 5.91 Å². The van der Waals surface area contributed by atoms with E-state index in [4.69, 9.17) is 0 Å². The number of amides is 2. The van der Waals surface area contributed by atoms with Crippen molar-refractivity contribution in [2.45, 2.75) is 13.5 Å². The predicted octanol–water partition coefficient (Wildman–Crippen LogP) is 3.30. The van der Waals surface area contributed by atoms with E-state index in [0.29, 0.717) is 29.3 Å². The van der Waals surface area contributed by atoms with Gasteiger partial charge in [-0.25, -0.2) is 4.98 Å². The lowest BCUT2D eigenvalue weighted by Gasteiger charge is -2.09. The minimum Gasteiger partial charge on any atom is -0.366 e. The van der Waals surface area contributed by atoms with Gasteiger partial charge in [-0.15, -0.1) is 0 Å². The van der Waals surface area contributed by atoms with Gasteiger partial charge in [-0.2, -0.15) is 0 Å². The molecule has 0 bridgehead atoms. The summed E-state index contributed by atoms with van der Waals surface area (Å²) in [6, 6.07) is 14.2. The van der Waals surface area contributed by atoms with Crippen LogP contribution in [0.15, 0.2) is 67.1 Å². The van der Waals surface area contributed by atoms with Crippen LogP contribution in [0.3, 0.4) is 0 Å². The quantitative estimate of drug-likeness (QED) is 0.626. The number of anilines is 3. The van der Waals surface area contributed by atoms with Crippen LogP contribution in [0.2, 0.25) is 0 Å². The molecule has 0 radical (unpaired) electrons. The highest BCUT2D eigenvalue weighted by molar-refractivity contribution is 6.04. The van der Waals surface area contributed by atoms with Gasteiger partial charge in [0.2, 0.25) is 5.91 Å². The first-order chi connectivity index (χ1) is 13.1. The lowest BCUT2D eigenvalue weighted by atomic mass is 10.2. The first-order valence-corrected chi connectivity index (χ1v) is 8.38. The molecular formula is C20H19N5O2. The summed E-state index contributed by atoms with van der Waals surface area (Å²) in [5, 5.41) is 8.65. The van der Waals surface area contributed by atoms with Crippen LogP contribution in [0, 0.1) is 0 Å². The van der Waals surface area contributed by atoms with Crippen molar-refractivity contribution in [3.05, 3.63) is 78.2 Å². The zero-order chi connectivity index (χ0) is 19.1. The van der Waals surface area contributed by atoms with Gasteiger partial charge < -0.3 is 16.0 Å². The van der Waals surface area contributed by atoms with Crippen molar-refractivity contribution in [1.29, 1.82) is 0 Å². The minimum atomic E-state index is -0.277. The fourth-order valence-corrected chi connectivity index (χ4v) is 2.41. The number of pyridine rings is 2. The summed E-state index contributed by atoms with van der Waals surface area (Å²) in [6.45, 7) is 2.03. The number of hydrogen-bond acceptors (Lipinski definition) is 5. The fraction of sp³-hybridized carbons (Fsp3) is 0.100. The Hall–Kier alpha value is -3.74. The van der Waals surface area contributed by atoms with Crippen molar-refractivity contribution < 1.29 is 9.59 Å². The first-order valence-electron chi connectivity index (χ1n) is 8.38. The Kier molecular flexibility index (Phi) is 5.73. The minimum absolute atomic E-state index is 0.169. The zero-order valence-electron chi connectivity index (χ0n) is 14.8. The van der Waals surface area contributed by atoms with E-state index >= 15 is 0 Å². The highest BCUT2D eigenvalue weighted by Gasteiger charge is 2.08. The number of nitrogens with one attached hydrogen (secondary N) is 3. The smallest absolute Gasteiger partial charge is 0.257 e. The number of aromatic nitrogens is 2. The number of carbonyl (C=O) groups is 2. The third kappa shape index (κ3) is 5.37. The molecule has 3 N–H and O–H groups in total. The molecule has 3 rings (SSSR count). The molecule has 136 valence electrons. The van der Waals surface area contributed by atoms with Crippen molar-refractivity contribution in [3.63, 3.8) is 0 Å². The Balaban J connectivity index is 1.59. The van der Waals surface area contributed by atoms with E-state index in [0.717, 1.165) is 5.56 Å².